The van der Waals surface area contributed by atoms with Crippen LogP contribution in [-0.2, 0) is 15.9 Å². The van der Waals surface area contributed by atoms with Gasteiger partial charge < -0.3 is 24.5 Å². The van der Waals surface area contributed by atoms with E-state index in [9.17, 15) is 0 Å². The van der Waals surface area contributed by atoms with Gasteiger partial charge in [-0.1, -0.05) is 0 Å². The van der Waals surface area contributed by atoms with E-state index >= 15 is 0 Å². The Bertz CT molecular complexity index is 596. The molecule has 4 rings (SSSR count). The minimum absolute atomic E-state index is 0.0778. The number of hydrogen-bond acceptors (Lipinski definition) is 5. The fraction of sp³-hybridized carbons (Fsp3) is 0.750. The van der Waals surface area contributed by atoms with Crippen LogP contribution in [0.1, 0.15) is 37.9 Å². The Balaban J connectivity index is 1.33. The summed E-state index contributed by atoms with van der Waals surface area (Å²) in [5.41, 5.74) is 0.0778. The van der Waals surface area contributed by atoms with Crippen LogP contribution in [0.15, 0.2) is 27.8 Å². The summed E-state index contributed by atoms with van der Waals surface area (Å²) in [6, 6.07) is 4.36. The number of rotatable bonds is 6. The van der Waals surface area contributed by atoms with Crippen LogP contribution in [-0.4, -0.2) is 61.5 Å². The molecule has 1 aromatic heterocycles. The lowest BCUT2D eigenvalue weighted by atomic mass is 9.90. The van der Waals surface area contributed by atoms with Crippen molar-refractivity contribution in [3.05, 3.63) is 24.2 Å². The minimum atomic E-state index is 0.0778. The number of thioether (sulfide) groups is 1. The monoisotopic (exact) mass is 393 g/mol. The Labute approximate surface area is 165 Å². The molecule has 3 saturated heterocycles. The summed E-state index contributed by atoms with van der Waals surface area (Å²) >= 11 is 2.01. The van der Waals surface area contributed by atoms with E-state index in [2.05, 4.69) is 10.6 Å². The first kappa shape index (κ1) is 19.2. The van der Waals surface area contributed by atoms with E-state index in [-0.39, 0.29) is 11.7 Å². The summed E-state index contributed by atoms with van der Waals surface area (Å²) < 4.78 is 17.3. The van der Waals surface area contributed by atoms with Gasteiger partial charge in [-0.15, -0.1) is 0 Å². The molecule has 0 aliphatic carbocycles. The molecule has 0 amide bonds. The molecule has 0 radical (unpaired) electrons. The smallest absolute Gasteiger partial charge is 0.191 e. The lowest BCUT2D eigenvalue weighted by Gasteiger charge is -2.38. The van der Waals surface area contributed by atoms with Gasteiger partial charge in [0.1, 0.15) is 5.76 Å². The quantitative estimate of drug-likeness (QED) is 0.572. The van der Waals surface area contributed by atoms with Crippen molar-refractivity contribution in [3.8, 4) is 0 Å². The molecular formula is C20H31N3O3S. The largest absolute Gasteiger partial charge is 0.469 e. The van der Waals surface area contributed by atoms with Crippen LogP contribution in [0.25, 0.3) is 0 Å². The summed E-state index contributed by atoms with van der Waals surface area (Å²) in [5.74, 6) is 4.23. The zero-order valence-electron chi connectivity index (χ0n) is 16.0. The highest BCUT2D eigenvalue weighted by atomic mass is 32.2. The first-order valence-corrected chi connectivity index (χ1v) is 11.4. The molecule has 2 N–H and O–H groups in total. The van der Waals surface area contributed by atoms with E-state index in [4.69, 9.17) is 18.9 Å². The summed E-state index contributed by atoms with van der Waals surface area (Å²) in [6.45, 7) is 3.23. The van der Waals surface area contributed by atoms with Gasteiger partial charge in [0.15, 0.2) is 5.96 Å². The third-order valence-electron chi connectivity index (χ3n) is 5.62. The molecule has 4 heterocycles. The molecule has 1 spiro atoms. The molecular weight excluding hydrogens is 362 g/mol. The van der Waals surface area contributed by atoms with Gasteiger partial charge in [0.2, 0.25) is 0 Å². The predicted molar refractivity (Wildman–Crippen MR) is 108 cm³/mol. The summed E-state index contributed by atoms with van der Waals surface area (Å²) in [5, 5.41) is 7.16. The summed E-state index contributed by atoms with van der Waals surface area (Å²) in [6.07, 6.45) is 8.37. The average Bonchev–Trinajstić information content (AvgIpc) is 3.43. The van der Waals surface area contributed by atoms with Gasteiger partial charge in [0.05, 0.1) is 24.5 Å². The van der Waals surface area contributed by atoms with Gasteiger partial charge in [-0.3, -0.25) is 4.99 Å². The van der Waals surface area contributed by atoms with Crippen LogP contribution < -0.4 is 10.6 Å². The van der Waals surface area contributed by atoms with Crippen LogP contribution in [0.3, 0.4) is 0 Å². The topological polar surface area (TPSA) is 68.0 Å². The van der Waals surface area contributed by atoms with E-state index in [0.717, 1.165) is 75.9 Å². The van der Waals surface area contributed by atoms with Crippen molar-refractivity contribution >= 4 is 17.7 Å². The molecule has 150 valence electrons. The fourth-order valence-corrected chi connectivity index (χ4v) is 5.48. The number of nitrogens with one attached hydrogen (secondary N) is 2. The van der Waals surface area contributed by atoms with Crippen molar-refractivity contribution in [2.75, 3.05) is 37.8 Å². The molecule has 0 aromatic carbocycles. The van der Waals surface area contributed by atoms with Crippen LogP contribution in [0.4, 0.5) is 0 Å². The molecule has 3 unspecified atom stereocenters. The third kappa shape index (κ3) is 5.42. The van der Waals surface area contributed by atoms with E-state index < -0.39 is 0 Å². The molecule has 27 heavy (non-hydrogen) atoms. The van der Waals surface area contributed by atoms with E-state index in [0.29, 0.717) is 6.04 Å². The van der Waals surface area contributed by atoms with Gasteiger partial charge in [0, 0.05) is 38.0 Å². The highest BCUT2D eigenvalue weighted by Crippen LogP contribution is 2.38. The molecule has 0 saturated carbocycles. The Morgan fingerprint density at radius 3 is 3.11 bits per heavy atom. The maximum atomic E-state index is 6.16. The average molecular weight is 394 g/mol. The van der Waals surface area contributed by atoms with Crippen LogP contribution in [0.2, 0.25) is 0 Å². The Morgan fingerprint density at radius 2 is 2.33 bits per heavy atom. The predicted octanol–water partition coefficient (Wildman–Crippen LogP) is 2.59. The van der Waals surface area contributed by atoms with Crippen molar-refractivity contribution < 1.29 is 13.9 Å². The molecule has 3 aliphatic heterocycles. The van der Waals surface area contributed by atoms with E-state index in [1.165, 1.54) is 12.2 Å². The number of ether oxygens (including phenoxy) is 2. The molecule has 6 nitrogen and oxygen atoms in total. The van der Waals surface area contributed by atoms with Gasteiger partial charge in [0.25, 0.3) is 0 Å². The molecule has 1 aromatic rings. The number of furan rings is 1. The number of nitrogens with zero attached hydrogens (tertiary/aromatic N) is 1. The highest BCUT2D eigenvalue weighted by molar-refractivity contribution is 7.99. The Kier molecular flexibility index (Phi) is 6.63. The highest BCUT2D eigenvalue weighted by Gasteiger charge is 2.40. The fourth-order valence-electron chi connectivity index (χ4n) is 4.10. The van der Waals surface area contributed by atoms with Crippen molar-refractivity contribution in [3.63, 3.8) is 0 Å². The summed E-state index contributed by atoms with van der Waals surface area (Å²) in [4.78, 5) is 4.83. The van der Waals surface area contributed by atoms with Gasteiger partial charge in [-0.05, 0) is 50.0 Å². The van der Waals surface area contributed by atoms with Crippen molar-refractivity contribution in [1.29, 1.82) is 0 Å². The Morgan fingerprint density at radius 1 is 1.33 bits per heavy atom. The Hall–Kier alpha value is -1.18. The summed E-state index contributed by atoms with van der Waals surface area (Å²) in [7, 11) is 0. The first-order chi connectivity index (χ1) is 13.3. The molecule has 7 heteroatoms. The van der Waals surface area contributed by atoms with Crippen LogP contribution >= 0.6 is 11.8 Å². The van der Waals surface area contributed by atoms with Crippen molar-refractivity contribution in [1.82, 2.24) is 10.6 Å². The molecule has 0 bridgehead atoms. The number of guanidine groups is 1. The first-order valence-electron chi connectivity index (χ1n) is 10.2. The van der Waals surface area contributed by atoms with E-state index in [1.807, 2.05) is 23.9 Å². The van der Waals surface area contributed by atoms with Gasteiger partial charge in [-0.2, -0.15) is 11.8 Å². The lowest BCUT2D eigenvalue weighted by Crippen LogP contribution is -2.52. The maximum Gasteiger partial charge on any atom is 0.191 e. The maximum absolute atomic E-state index is 6.16. The number of aliphatic imine (C=N–C) groups is 1. The van der Waals surface area contributed by atoms with Crippen LogP contribution in [0.5, 0.6) is 0 Å². The van der Waals surface area contributed by atoms with Crippen molar-refractivity contribution in [2.45, 2.75) is 56.3 Å². The van der Waals surface area contributed by atoms with Crippen molar-refractivity contribution in [2.24, 2.45) is 4.99 Å². The molecule has 3 fully saturated rings. The second-order valence-corrected chi connectivity index (χ2v) is 8.85. The van der Waals surface area contributed by atoms with E-state index in [1.54, 1.807) is 6.26 Å². The second kappa shape index (κ2) is 9.34. The van der Waals surface area contributed by atoms with Gasteiger partial charge >= 0.3 is 0 Å². The zero-order chi connectivity index (χ0) is 18.4. The number of hydrogen-bond donors (Lipinski definition) is 2. The standard InChI is InChI=1S/C20H31N3O3S/c1-3-17(24-9-1)5-8-21-19(22-14-18-4-2-10-25-18)23-16-6-11-26-20(13-16)7-12-27-15-20/h1,3,9,16,18H,2,4-8,10-15H2,(H2,21,22,23). The minimum Gasteiger partial charge on any atom is -0.469 e. The molecule has 3 atom stereocenters. The van der Waals surface area contributed by atoms with Gasteiger partial charge in [-0.25, -0.2) is 0 Å². The third-order valence-corrected chi connectivity index (χ3v) is 6.84. The van der Waals surface area contributed by atoms with Crippen LogP contribution in [0, 0.1) is 0 Å². The second-order valence-electron chi connectivity index (χ2n) is 7.75. The lowest BCUT2D eigenvalue weighted by molar-refractivity contribution is -0.0679. The molecule has 3 aliphatic rings. The normalized spacial score (nSPS) is 31.5. The SMILES string of the molecule is c1coc(CCNC(=NCC2CCCO2)NC2CCOC3(CCSC3)C2)c1. The zero-order valence-corrected chi connectivity index (χ0v) is 16.8.